The third-order valence-electron chi connectivity index (χ3n) is 7.15. The fourth-order valence-electron chi connectivity index (χ4n) is 5.08. The number of nitrogens with zero attached hydrogens (tertiary/aromatic N) is 2. The smallest absolute Gasteiger partial charge is 0.324 e. The lowest BCUT2D eigenvalue weighted by Gasteiger charge is -2.27. The maximum Gasteiger partial charge on any atom is 0.324 e. The topological polar surface area (TPSA) is 136 Å². The lowest BCUT2D eigenvalue weighted by atomic mass is 10.0. The Hall–Kier alpha value is -4.16. The second-order valence-corrected chi connectivity index (χ2v) is 12.8. The molecule has 4 aromatic rings. The average molecular weight is 656 g/mol. The number of carbonyl (C=O) groups excluding carboxylic acids is 2. The molecule has 2 amide bonds. The van der Waals surface area contributed by atoms with Crippen LogP contribution in [0.2, 0.25) is 10.0 Å². The van der Waals surface area contributed by atoms with Crippen molar-refractivity contribution in [3.05, 3.63) is 106 Å². The Kier molecular flexibility index (Phi) is 9.40. The Morgan fingerprint density at radius 2 is 1.55 bits per heavy atom. The number of carboxylic acid groups (broad SMARTS) is 1. The number of carbonyl (C=O) groups is 3. The van der Waals surface area contributed by atoms with Crippen LogP contribution in [0.5, 0.6) is 0 Å². The van der Waals surface area contributed by atoms with Crippen LogP contribution in [0, 0.1) is 0 Å². The number of fused-ring (bicyclic) bond motifs is 1. The van der Waals surface area contributed by atoms with Crippen molar-refractivity contribution in [3.8, 4) is 0 Å². The number of amides is 2. The first-order valence-electron chi connectivity index (χ1n) is 13.6. The number of anilines is 1. The van der Waals surface area contributed by atoms with Crippen molar-refractivity contribution < 1.29 is 27.9 Å². The van der Waals surface area contributed by atoms with Gasteiger partial charge < -0.3 is 20.6 Å². The van der Waals surface area contributed by atoms with E-state index in [1.54, 1.807) is 53.4 Å². The number of aliphatic carboxylic acids is 1. The van der Waals surface area contributed by atoms with Crippen molar-refractivity contribution in [2.24, 2.45) is 0 Å². The van der Waals surface area contributed by atoms with E-state index in [1.807, 2.05) is 6.07 Å². The summed E-state index contributed by atoms with van der Waals surface area (Å²) >= 11 is 12.1. The van der Waals surface area contributed by atoms with Crippen molar-refractivity contribution in [1.82, 2.24) is 15.5 Å². The van der Waals surface area contributed by atoms with Gasteiger partial charge in [-0.15, -0.1) is 0 Å². The molecule has 0 spiro atoms. The van der Waals surface area contributed by atoms with Crippen molar-refractivity contribution in [2.75, 3.05) is 37.0 Å². The fourth-order valence-corrected chi connectivity index (χ4v) is 7.24. The molecule has 0 unspecified atom stereocenters. The highest BCUT2D eigenvalue weighted by atomic mass is 35.5. The zero-order valence-corrected chi connectivity index (χ0v) is 25.6. The van der Waals surface area contributed by atoms with Gasteiger partial charge in [-0.2, -0.15) is 0 Å². The summed E-state index contributed by atoms with van der Waals surface area (Å²) in [4.78, 5) is 39.7. The van der Waals surface area contributed by atoms with Gasteiger partial charge in [-0.25, -0.2) is 8.42 Å². The van der Waals surface area contributed by atoms with E-state index in [2.05, 4.69) is 10.6 Å². The van der Waals surface area contributed by atoms with Crippen LogP contribution in [0.15, 0.2) is 83.8 Å². The Morgan fingerprint density at radius 1 is 0.886 bits per heavy atom. The highest BCUT2D eigenvalue weighted by molar-refractivity contribution is 7.93. The molecule has 1 aliphatic heterocycles. The number of piperazine rings is 1. The van der Waals surface area contributed by atoms with Gasteiger partial charge in [0.2, 0.25) is 0 Å². The normalized spacial score (nSPS) is 13.5. The van der Waals surface area contributed by atoms with Gasteiger partial charge in [-0.3, -0.25) is 18.7 Å². The van der Waals surface area contributed by atoms with Crippen LogP contribution in [0.4, 0.5) is 5.69 Å². The van der Waals surface area contributed by atoms with Gasteiger partial charge in [0.25, 0.3) is 21.8 Å². The van der Waals surface area contributed by atoms with E-state index in [4.69, 9.17) is 23.2 Å². The van der Waals surface area contributed by atoms with Gasteiger partial charge in [0.15, 0.2) is 0 Å². The van der Waals surface area contributed by atoms with Crippen LogP contribution in [0.1, 0.15) is 26.3 Å². The molecule has 4 aromatic carbocycles. The molecule has 0 radical (unpaired) electrons. The van der Waals surface area contributed by atoms with Gasteiger partial charge >= 0.3 is 5.97 Å². The number of sulfonamides is 1. The lowest BCUT2D eigenvalue weighted by Crippen LogP contribution is -2.46. The van der Waals surface area contributed by atoms with E-state index in [0.29, 0.717) is 29.4 Å². The first-order chi connectivity index (χ1) is 21.0. The first kappa shape index (κ1) is 31.3. The number of hydrogen-bond donors (Lipinski definition) is 3. The minimum Gasteiger partial charge on any atom is -0.480 e. The Balaban J connectivity index is 1.43. The van der Waals surface area contributed by atoms with Gasteiger partial charge in [-0.1, -0.05) is 59.6 Å². The number of hydrogen-bond acceptors (Lipinski definition) is 6. The molecular weight excluding hydrogens is 627 g/mol. The molecular formula is C31H28Cl2N4O6S. The molecule has 0 saturated carbocycles. The number of nitrogens with one attached hydrogen (secondary N) is 2. The minimum atomic E-state index is -4.44. The molecule has 0 bridgehead atoms. The van der Waals surface area contributed by atoms with Crippen molar-refractivity contribution in [3.63, 3.8) is 0 Å². The molecule has 1 fully saturated rings. The van der Waals surface area contributed by atoms with E-state index in [0.717, 1.165) is 23.0 Å². The van der Waals surface area contributed by atoms with Crippen LogP contribution < -0.4 is 14.9 Å². The molecule has 13 heteroatoms. The summed E-state index contributed by atoms with van der Waals surface area (Å²) in [6.45, 7) is 1.99. The molecule has 0 atom stereocenters. The van der Waals surface area contributed by atoms with Crippen molar-refractivity contribution in [1.29, 1.82) is 0 Å². The van der Waals surface area contributed by atoms with E-state index in [1.165, 1.54) is 24.3 Å². The molecule has 1 aliphatic rings. The van der Waals surface area contributed by atoms with Crippen LogP contribution in [0.3, 0.4) is 0 Å². The molecule has 5 rings (SSSR count). The maximum absolute atomic E-state index is 13.7. The molecule has 44 heavy (non-hydrogen) atoms. The molecule has 10 nitrogen and oxygen atoms in total. The van der Waals surface area contributed by atoms with E-state index >= 15 is 0 Å². The highest BCUT2D eigenvalue weighted by Crippen LogP contribution is 2.34. The van der Waals surface area contributed by atoms with E-state index in [9.17, 15) is 27.9 Å². The third-order valence-corrected chi connectivity index (χ3v) is 9.32. The van der Waals surface area contributed by atoms with Gasteiger partial charge in [0.05, 0.1) is 10.6 Å². The second kappa shape index (κ2) is 13.2. The molecule has 1 saturated heterocycles. The summed E-state index contributed by atoms with van der Waals surface area (Å²) < 4.78 is 28.2. The number of rotatable bonds is 9. The summed E-state index contributed by atoms with van der Waals surface area (Å²) in [5, 5.41) is 16.6. The van der Waals surface area contributed by atoms with E-state index in [-0.39, 0.29) is 38.6 Å². The highest BCUT2D eigenvalue weighted by Gasteiger charge is 2.29. The quantitative estimate of drug-likeness (QED) is 0.243. The Labute approximate surface area is 264 Å². The maximum atomic E-state index is 13.7. The standard InChI is InChI=1S/C31H28Cl2N4O6S/c32-22-15-23(33)17-24(16-22)44(42,43)37(19-29(38)39)28-9-3-6-25-26(28)7-2-8-27(25)30(40)35-18-20-4-1-5-21(14-20)31(41)36-12-10-34-11-13-36/h1-9,14-17,34H,10-13,18-19H2,(H,35,40)(H,38,39). The summed E-state index contributed by atoms with van der Waals surface area (Å²) in [6.07, 6.45) is 0. The van der Waals surface area contributed by atoms with Crippen LogP contribution >= 0.6 is 23.2 Å². The van der Waals surface area contributed by atoms with Crippen molar-refractivity contribution >= 4 is 67.5 Å². The predicted molar refractivity (Wildman–Crippen MR) is 169 cm³/mol. The van der Waals surface area contributed by atoms with Gasteiger partial charge in [0, 0.05) is 59.3 Å². The number of halogens is 2. The zero-order valence-electron chi connectivity index (χ0n) is 23.3. The summed E-state index contributed by atoms with van der Waals surface area (Å²) in [7, 11) is -4.44. The SMILES string of the molecule is O=C(O)CN(c1cccc2c(C(=O)NCc3cccc(C(=O)N4CCNCC4)c3)cccc12)S(=O)(=O)c1cc(Cl)cc(Cl)c1. The van der Waals surface area contributed by atoms with Crippen molar-refractivity contribution in [2.45, 2.75) is 11.4 Å². The van der Waals surface area contributed by atoms with Crippen LogP contribution in [-0.2, 0) is 21.4 Å². The summed E-state index contributed by atoms with van der Waals surface area (Å²) in [6, 6.07) is 20.3. The molecule has 228 valence electrons. The first-order valence-corrected chi connectivity index (χ1v) is 15.8. The van der Waals surface area contributed by atoms with Crippen LogP contribution in [0.25, 0.3) is 10.8 Å². The minimum absolute atomic E-state index is 0.0646. The third kappa shape index (κ3) is 6.81. The molecule has 1 heterocycles. The summed E-state index contributed by atoms with van der Waals surface area (Å²) in [5.41, 5.74) is 1.60. The zero-order chi connectivity index (χ0) is 31.4. The Morgan fingerprint density at radius 3 is 2.25 bits per heavy atom. The Bertz CT molecular complexity index is 1840. The number of carboxylic acids is 1. The fraction of sp³-hybridized carbons (Fsp3) is 0.194. The predicted octanol–water partition coefficient (Wildman–Crippen LogP) is 4.40. The van der Waals surface area contributed by atoms with Crippen LogP contribution in [-0.4, -0.2) is 68.9 Å². The van der Waals surface area contributed by atoms with Gasteiger partial charge in [0.1, 0.15) is 6.54 Å². The number of benzene rings is 4. The lowest BCUT2D eigenvalue weighted by molar-refractivity contribution is -0.135. The van der Waals surface area contributed by atoms with Gasteiger partial charge in [-0.05, 0) is 53.4 Å². The van der Waals surface area contributed by atoms with E-state index < -0.39 is 28.4 Å². The molecule has 0 aromatic heterocycles. The second-order valence-electron chi connectivity index (χ2n) is 10.1. The molecule has 0 aliphatic carbocycles. The average Bonchev–Trinajstić information content (AvgIpc) is 3.01. The monoisotopic (exact) mass is 654 g/mol. The largest absolute Gasteiger partial charge is 0.480 e. The molecule has 3 N–H and O–H groups in total. The summed E-state index contributed by atoms with van der Waals surface area (Å²) in [5.74, 6) is -1.88.